The molecule has 1 saturated heterocycles. The lowest BCUT2D eigenvalue weighted by molar-refractivity contribution is 0.150. The minimum absolute atomic E-state index is 0. The summed E-state index contributed by atoms with van der Waals surface area (Å²) in [7, 11) is 0. The van der Waals surface area contributed by atoms with Gasteiger partial charge in [-0.25, -0.2) is 4.39 Å². The molecule has 2 nitrogen and oxygen atoms in total. The third-order valence-electron chi connectivity index (χ3n) is 3.62. The van der Waals surface area contributed by atoms with Crippen LogP contribution >= 0.6 is 28.3 Å². The number of hydrogen-bond donors (Lipinski definition) is 1. The molecule has 1 heterocycles. The van der Waals surface area contributed by atoms with E-state index in [1.54, 1.807) is 12.1 Å². The lowest BCUT2D eigenvalue weighted by atomic mass is 9.94. The molecule has 0 amide bonds. The van der Waals surface area contributed by atoms with E-state index >= 15 is 0 Å². The molecule has 1 aliphatic rings. The van der Waals surface area contributed by atoms with Crippen LogP contribution in [0.3, 0.4) is 0 Å². The van der Waals surface area contributed by atoms with Gasteiger partial charge >= 0.3 is 0 Å². The summed E-state index contributed by atoms with van der Waals surface area (Å²) in [5.41, 5.74) is 0.818. The maximum Gasteiger partial charge on any atom is 0.129 e. The number of nitrogens with one attached hydrogen (secondary N) is 1. The summed E-state index contributed by atoms with van der Waals surface area (Å²) in [6.45, 7) is 8.34. The quantitative estimate of drug-likeness (QED) is 0.867. The molecule has 2 rings (SSSR count). The molecular weight excluding hydrogens is 343 g/mol. The maximum atomic E-state index is 14.2. The summed E-state index contributed by atoms with van der Waals surface area (Å²) in [6, 6.07) is 5.43. The SMILES string of the molecule is CC(C)C[C@@H](c1c(F)cccc1Br)N1CCNCC1.Cl. The fourth-order valence-corrected chi connectivity index (χ4v) is 3.33. The highest BCUT2D eigenvalue weighted by molar-refractivity contribution is 9.10. The maximum absolute atomic E-state index is 14.2. The molecule has 1 fully saturated rings. The molecule has 20 heavy (non-hydrogen) atoms. The van der Waals surface area contributed by atoms with Crippen molar-refractivity contribution in [3.05, 3.63) is 34.1 Å². The Hall–Kier alpha value is -0.160. The summed E-state index contributed by atoms with van der Waals surface area (Å²) >= 11 is 3.52. The van der Waals surface area contributed by atoms with Crippen LogP contribution in [0.4, 0.5) is 4.39 Å². The van der Waals surface area contributed by atoms with Crippen molar-refractivity contribution in [1.29, 1.82) is 0 Å². The third kappa shape index (κ3) is 4.42. The van der Waals surface area contributed by atoms with Crippen molar-refractivity contribution in [2.24, 2.45) is 5.92 Å². The topological polar surface area (TPSA) is 15.3 Å². The van der Waals surface area contributed by atoms with E-state index in [0.29, 0.717) is 5.92 Å². The summed E-state index contributed by atoms with van der Waals surface area (Å²) in [4.78, 5) is 2.40. The Morgan fingerprint density at radius 1 is 1.30 bits per heavy atom. The Morgan fingerprint density at radius 3 is 2.50 bits per heavy atom. The van der Waals surface area contributed by atoms with E-state index in [1.807, 2.05) is 6.07 Å². The highest BCUT2D eigenvalue weighted by Gasteiger charge is 2.26. The first-order valence-electron chi connectivity index (χ1n) is 6.98. The molecule has 1 aromatic carbocycles. The standard InChI is InChI=1S/C15H22BrFN2.ClH/c1-11(2)10-14(19-8-6-18-7-9-19)15-12(16)4-3-5-13(15)17;/h3-5,11,14,18H,6-10H2,1-2H3;1H/t14-;/m0./s1. The smallest absolute Gasteiger partial charge is 0.129 e. The van der Waals surface area contributed by atoms with Crippen LogP contribution in [0.25, 0.3) is 0 Å². The molecule has 0 aliphatic carbocycles. The third-order valence-corrected chi connectivity index (χ3v) is 4.31. The van der Waals surface area contributed by atoms with E-state index in [1.165, 1.54) is 0 Å². The molecule has 1 aromatic rings. The second-order valence-corrected chi connectivity index (χ2v) is 6.42. The zero-order chi connectivity index (χ0) is 13.8. The van der Waals surface area contributed by atoms with Crippen LogP contribution in [0.15, 0.2) is 22.7 Å². The van der Waals surface area contributed by atoms with Crippen molar-refractivity contribution in [2.75, 3.05) is 26.2 Å². The molecule has 1 N–H and O–H groups in total. The second kappa shape index (κ2) is 8.32. The van der Waals surface area contributed by atoms with E-state index in [0.717, 1.165) is 42.6 Å². The van der Waals surface area contributed by atoms with Crippen LogP contribution in [0.2, 0.25) is 0 Å². The molecule has 1 aliphatic heterocycles. The predicted molar refractivity (Wildman–Crippen MR) is 88.0 cm³/mol. The lowest BCUT2D eigenvalue weighted by Gasteiger charge is -2.36. The predicted octanol–water partition coefficient (Wildman–Crippen LogP) is 4.00. The van der Waals surface area contributed by atoms with E-state index in [9.17, 15) is 4.39 Å². The molecule has 1 atom stereocenters. The van der Waals surface area contributed by atoms with E-state index in [-0.39, 0.29) is 24.3 Å². The van der Waals surface area contributed by atoms with Crippen LogP contribution in [0.1, 0.15) is 31.9 Å². The van der Waals surface area contributed by atoms with Gasteiger partial charge in [-0.05, 0) is 24.5 Å². The Kier molecular flexibility index (Phi) is 7.45. The van der Waals surface area contributed by atoms with Crippen LogP contribution in [0, 0.1) is 11.7 Å². The molecular formula is C15H23BrClFN2. The monoisotopic (exact) mass is 364 g/mol. The summed E-state index contributed by atoms with van der Waals surface area (Å²) < 4.78 is 15.1. The first-order valence-corrected chi connectivity index (χ1v) is 7.77. The zero-order valence-corrected chi connectivity index (χ0v) is 14.4. The van der Waals surface area contributed by atoms with Crippen molar-refractivity contribution in [2.45, 2.75) is 26.3 Å². The summed E-state index contributed by atoms with van der Waals surface area (Å²) in [6.07, 6.45) is 0.986. The Labute approximate surface area is 135 Å². The average Bonchev–Trinajstić information content (AvgIpc) is 2.38. The van der Waals surface area contributed by atoms with Crippen LogP contribution in [-0.2, 0) is 0 Å². The largest absolute Gasteiger partial charge is 0.314 e. The number of rotatable bonds is 4. The van der Waals surface area contributed by atoms with Gasteiger partial charge in [0.15, 0.2) is 0 Å². The van der Waals surface area contributed by atoms with Crippen molar-refractivity contribution in [3.8, 4) is 0 Å². The normalized spacial score (nSPS) is 17.9. The zero-order valence-electron chi connectivity index (χ0n) is 12.0. The van der Waals surface area contributed by atoms with Gasteiger partial charge < -0.3 is 5.32 Å². The fourth-order valence-electron chi connectivity index (χ4n) is 2.72. The van der Waals surface area contributed by atoms with E-state index < -0.39 is 0 Å². The van der Waals surface area contributed by atoms with Gasteiger partial charge in [-0.15, -0.1) is 12.4 Å². The summed E-state index contributed by atoms with van der Waals surface area (Å²) in [5, 5.41) is 3.36. The molecule has 0 radical (unpaired) electrons. The number of piperazine rings is 1. The van der Waals surface area contributed by atoms with Gasteiger partial charge in [-0.2, -0.15) is 0 Å². The minimum atomic E-state index is -0.0986. The van der Waals surface area contributed by atoms with Crippen molar-refractivity contribution < 1.29 is 4.39 Å². The van der Waals surface area contributed by atoms with Gasteiger partial charge in [0.1, 0.15) is 5.82 Å². The van der Waals surface area contributed by atoms with Crippen LogP contribution < -0.4 is 5.32 Å². The molecule has 114 valence electrons. The lowest BCUT2D eigenvalue weighted by Crippen LogP contribution is -2.45. The number of halogens is 3. The fraction of sp³-hybridized carbons (Fsp3) is 0.600. The highest BCUT2D eigenvalue weighted by atomic mass is 79.9. The number of nitrogens with zero attached hydrogens (tertiary/aromatic N) is 1. The molecule has 0 aromatic heterocycles. The van der Waals surface area contributed by atoms with Crippen molar-refractivity contribution in [1.82, 2.24) is 10.2 Å². The molecule has 5 heteroatoms. The van der Waals surface area contributed by atoms with Crippen molar-refractivity contribution in [3.63, 3.8) is 0 Å². The molecule has 0 saturated carbocycles. The highest BCUT2D eigenvalue weighted by Crippen LogP contribution is 2.34. The van der Waals surface area contributed by atoms with E-state index in [2.05, 4.69) is 40.0 Å². The Morgan fingerprint density at radius 2 is 1.95 bits per heavy atom. The van der Waals surface area contributed by atoms with Crippen molar-refractivity contribution >= 4 is 28.3 Å². The first kappa shape index (κ1) is 17.9. The van der Waals surface area contributed by atoms with Gasteiger partial charge in [0.25, 0.3) is 0 Å². The molecule has 0 bridgehead atoms. The number of hydrogen-bond acceptors (Lipinski definition) is 2. The first-order chi connectivity index (χ1) is 9.09. The molecule has 0 unspecified atom stereocenters. The second-order valence-electron chi connectivity index (χ2n) is 5.57. The number of benzene rings is 1. The van der Waals surface area contributed by atoms with E-state index in [4.69, 9.17) is 0 Å². The Balaban J connectivity index is 0.00000200. The van der Waals surface area contributed by atoms with Gasteiger partial charge in [0, 0.05) is 42.3 Å². The Bertz CT molecular complexity index is 402. The minimum Gasteiger partial charge on any atom is -0.314 e. The average molecular weight is 366 g/mol. The van der Waals surface area contributed by atoms with Crippen LogP contribution in [0.5, 0.6) is 0 Å². The molecule has 0 spiro atoms. The van der Waals surface area contributed by atoms with Gasteiger partial charge in [0.2, 0.25) is 0 Å². The van der Waals surface area contributed by atoms with Crippen LogP contribution in [-0.4, -0.2) is 31.1 Å². The van der Waals surface area contributed by atoms with Gasteiger partial charge in [0.05, 0.1) is 0 Å². The summed E-state index contributed by atoms with van der Waals surface area (Å²) in [5.74, 6) is 0.449. The van der Waals surface area contributed by atoms with Gasteiger partial charge in [-0.3, -0.25) is 4.90 Å². The van der Waals surface area contributed by atoms with Gasteiger partial charge in [-0.1, -0.05) is 35.8 Å².